The standard InChI is InChI=1S/C16H26N2O2S/c1-4-5-6-10-18(11(2)3)16-17-14-12(15(19)20)8-7-9-13(14)21-16/h11-12H,4-10H2,1-3H3,(H,19,20). The van der Waals surface area contributed by atoms with Gasteiger partial charge in [-0.1, -0.05) is 19.8 Å². The Morgan fingerprint density at radius 2 is 2.24 bits per heavy atom. The number of hydrogen-bond acceptors (Lipinski definition) is 4. The molecule has 1 atom stereocenters. The van der Waals surface area contributed by atoms with Crippen molar-refractivity contribution in [1.82, 2.24) is 4.98 Å². The van der Waals surface area contributed by atoms with Crippen molar-refractivity contribution in [3.8, 4) is 0 Å². The van der Waals surface area contributed by atoms with Crippen molar-refractivity contribution >= 4 is 22.4 Å². The topological polar surface area (TPSA) is 53.4 Å². The summed E-state index contributed by atoms with van der Waals surface area (Å²) >= 11 is 1.70. The van der Waals surface area contributed by atoms with Crippen molar-refractivity contribution in [3.63, 3.8) is 0 Å². The Labute approximate surface area is 131 Å². The van der Waals surface area contributed by atoms with Gasteiger partial charge in [-0.15, -0.1) is 11.3 Å². The van der Waals surface area contributed by atoms with Crippen LogP contribution in [0.2, 0.25) is 0 Å². The number of aliphatic carboxylic acids is 1. The first-order chi connectivity index (χ1) is 10.0. The Morgan fingerprint density at radius 3 is 2.86 bits per heavy atom. The summed E-state index contributed by atoms with van der Waals surface area (Å²) < 4.78 is 0. The molecule has 0 saturated carbocycles. The number of carboxylic acid groups (broad SMARTS) is 1. The number of unbranched alkanes of at least 4 members (excludes halogenated alkanes) is 2. The van der Waals surface area contributed by atoms with Gasteiger partial charge in [-0.3, -0.25) is 4.79 Å². The summed E-state index contributed by atoms with van der Waals surface area (Å²) in [4.78, 5) is 19.6. The molecule has 4 nitrogen and oxygen atoms in total. The highest BCUT2D eigenvalue weighted by Crippen LogP contribution is 2.38. The SMILES string of the molecule is CCCCCN(c1nc2c(s1)CCCC2C(=O)O)C(C)C. The molecule has 0 fully saturated rings. The monoisotopic (exact) mass is 310 g/mol. The molecule has 0 aliphatic heterocycles. The fraction of sp³-hybridized carbons (Fsp3) is 0.750. The van der Waals surface area contributed by atoms with Crippen molar-refractivity contribution in [2.45, 2.75) is 71.3 Å². The molecule has 0 spiro atoms. The lowest BCUT2D eigenvalue weighted by Gasteiger charge is -2.26. The maximum atomic E-state index is 11.4. The smallest absolute Gasteiger partial charge is 0.312 e. The number of aromatic nitrogens is 1. The lowest BCUT2D eigenvalue weighted by Crippen LogP contribution is -2.31. The Morgan fingerprint density at radius 1 is 1.48 bits per heavy atom. The number of hydrogen-bond donors (Lipinski definition) is 1. The lowest BCUT2D eigenvalue weighted by atomic mass is 9.91. The second kappa shape index (κ2) is 7.25. The molecule has 0 amide bonds. The number of nitrogens with zero attached hydrogens (tertiary/aromatic N) is 2. The lowest BCUT2D eigenvalue weighted by molar-refractivity contribution is -0.139. The second-order valence-corrected chi connectivity index (χ2v) is 7.14. The highest BCUT2D eigenvalue weighted by Gasteiger charge is 2.31. The van der Waals surface area contributed by atoms with Gasteiger partial charge in [0, 0.05) is 17.5 Å². The first kappa shape index (κ1) is 16.3. The van der Waals surface area contributed by atoms with E-state index < -0.39 is 11.9 Å². The van der Waals surface area contributed by atoms with E-state index in [0.717, 1.165) is 36.6 Å². The van der Waals surface area contributed by atoms with Gasteiger partial charge in [0.2, 0.25) is 0 Å². The fourth-order valence-corrected chi connectivity index (χ4v) is 4.20. The minimum atomic E-state index is -0.727. The molecule has 0 saturated heterocycles. The normalized spacial score (nSPS) is 17.8. The molecular formula is C16H26N2O2S. The number of aryl methyl sites for hydroxylation is 1. The third-order valence-corrected chi connectivity index (χ3v) is 5.28. The first-order valence-electron chi connectivity index (χ1n) is 8.03. The molecule has 1 unspecified atom stereocenters. The van der Waals surface area contributed by atoms with Gasteiger partial charge in [-0.25, -0.2) is 4.98 Å². The van der Waals surface area contributed by atoms with Gasteiger partial charge in [-0.05, 0) is 39.5 Å². The number of carbonyl (C=O) groups is 1. The Hall–Kier alpha value is -1.10. The van der Waals surface area contributed by atoms with Crippen LogP contribution in [-0.2, 0) is 11.2 Å². The Bertz CT molecular complexity index is 485. The zero-order valence-corrected chi connectivity index (χ0v) is 14.1. The van der Waals surface area contributed by atoms with Crippen LogP contribution in [0.15, 0.2) is 0 Å². The molecule has 1 aliphatic rings. The summed E-state index contributed by atoms with van der Waals surface area (Å²) in [5.74, 6) is -1.13. The fourth-order valence-electron chi connectivity index (χ4n) is 2.88. The van der Waals surface area contributed by atoms with Crippen LogP contribution < -0.4 is 4.90 Å². The van der Waals surface area contributed by atoms with Crippen LogP contribution in [0.4, 0.5) is 5.13 Å². The summed E-state index contributed by atoms with van der Waals surface area (Å²) in [6.07, 6.45) is 6.28. The molecule has 1 aromatic rings. The highest BCUT2D eigenvalue weighted by molar-refractivity contribution is 7.15. The summed E-state index contributed by atoms with van der Waals surface area (Å²) in [6, 6.07) is 0.401. The maximum absolute atomic E-state index is 11.4. The van der Waals surface area contributed by atoms with Crippen LogP contribution in [0.3, 0.4) is 0 Å². The van der Waals surface area contributed by atoms with Crippen molar-refractivity contribution < 1.29 is 9.90 Å². The van der Waals surface area contributed by atoms with Gasteiger partial charge in [0.15, 0.2) is 5.13 Å². The number of anilines is 1. The van der Waals surface area contributed by atoms with E-state index in [0.29, 0.717) is 6.04 Å². The van der Waals surface area contributed by atoms with Gasteiger partial charge in [0.1, 0.15) is 5.92 Å². The average Bonchev–Trinajstić information content (AvgIpc) is 2.86. The van der Waals surface area contributed by atoms with E-state index in [1.165, 1.54) is 24.1 Å². The molecular weight excluding hydrogens is 284 g/mol. The first-order valence-corrected chi connectivity index (χ1v) is 8.85. The molecule has 1 heterocycles. The van der Waals surface area contributed by atoms with Gasteiger partial charge < -0.3 is 10.0 Å². The van der Waals surface area contributed by atoms with E-state index in [2.05, 4.69) is 25.7 Å². The van der Waals surface area contributed by atoms with Crippen molar-refractivity contribution in [3.05, 3.63) is 10.6 Å². The van der Waals surface area contributed by atoms with Crippen LogP contribution >= 0.6 is 11.3 Å². The van der Waals surface area contributed by atoms with Crippen molar-refractivity contribution in [2.24, 2.45) is 0 Å². The molecule has 1 aromatic heterocycles. The predicted molar refractivity (Wildman–Crippen MR) is 87.4 cm³/mol. The van der Waals surface area contributed by atoms with Gasteiger partial charge in [-0.2, -0.15) is 0 Å². The molecule has 21 heavy (non-hydrogen) atoms. The van der Waals surface area contributed by atoms with Crippen molar-refractivity contribution in [2.75, 3.05) is 11.4 Å². The third kappa shape index (κ3) is 3.76. The van der Waals surface area contributed by atoms with Crippen LogP contribution in [0.1, 0.15) is 69.4 Å². The van der Waals surface area contributed by atoms with Gasteiger partial charge >= 0.3 is 5.97 Å². The quantitative estimate of drug-likeness (QED) is 0.772. The molecule has 0 bridgehead atoms. The molecule has 118 valence electrons. The minimum Gasteiger partial charge on any atom is -0.481 e. The second-order valence-electron chi connectivity index (χ2n) is 6.08. The molecule has 5 heteroatoms. The van der Waals surface area contributed by atoms with Crippen LogP contribution in [-0.4, -0.2) is 28.6 Å². The van der Waals surface area contributed by atoms with Gasteiger partial charge in [0.25, 0.3) is 0 Å². The number of thiazole rings is 1. The predicted octanol–water partition coefficient (Wildman–Crippen LogP) is 4.05. The average molecular weight is 310 g/mol. The summed E-state index contributed by atoms with van der Waals surface area (Å²) in [6.45, 7) is 7.58. The van der Waals surface area contributed by atoms with E-state index in [-0.39, 0.29) is 0 Å². The van der Waals surface area contributed by atoms with Crippen LogP contribution in [0, 0.1) is 0 Å². The van der Waals surface area contributed by atoms with E-state index in [1.54, 1.807) is 11.3 Å². The summed E-state index contributed by atoms with van der Waals surface area (Å²) in [7, 11) is 0. The van der Waals surface area contributed by atoms with E-state index in [1.807, 2.05) is 0 Å². The van der Waals surface area contributed by atoms with Crippen LogP contribution in [0.5, 0.6) is 0 Å². The zero-order valence-electron chi connectivity index (χ0n) is 13.3. The number of fused-ring (bicyclic) bond motifs is 1. The highest BCUT2D eigenvalue weighted by atomic mass is 32.1. The zero-order chi connectivity index (χ0) is 15.4. The third-order valence-electron chi connectivity index (χ3n) is 4.11. The van der Waals surface area contributed by atoms with Gasteiger partial charge in [0.05, 0.1) is 5.69 Å². The minimum absolute atomic E-state index is 0.400. The maximum Gasteiger partial charge on any atom is 0.312 e. The van der Waals surface area contributed by atoms with Crippen molar-refractivity contribution in [1.29, 1.82) is 0 Å². The number of rotatable bonds is 7. The number of carboxylic acids is 1. The van der Waals surface area contributed by atoms with Crippen LogP contribution in [0.25, 0.3) is 0 Å². The molecule has 2 rings (SSSR count). The molecule has 1 aliphatic carbocycles. The van der Waals surface area contributed by atoms with E-state index in [9.17, 15) is 9.90 Å². The molecule has 0 aromatic carbocycles. The Kier molecular flexibility index (Phi) is 5.62. The summed E-state index contributed by atoms with van der Waals surface area (Å²) in [5, 5.41) is 10.4. The molecule has 0 radical (unpaired) electrons. The van der Waals surface area contributed by atoms with E-state index in [4.69, 9.17) is 4.98 Å². The Balaban J connectivity index is 2.20. The largest absolute Gasteiger partial charge is 0.481 e. The molecule has 1 N–H and O–H groups in total. The summed E-state index contributed by atoms with van der Waals surface area (Å²) in [5.41, 5.74) is 0.829. The van der Waals surface area contributed by atoms with E-state index >= 15 is 0 Å².